The summed E-state index contributed by atoms with van der Waals surface area (Å²) in [6.07, 6.45) is 9.47. The number of rotatable bonds is 3. The number of nitrogens with zero attached hydrogens (tertiary/aromatic N) is 5. The summed E-state index contributed by atoms with van der Waals surface area (Å²) in [5, 5.41) is 23.7. The van der Waals surface area contributed by atoms with Crippen molar-refractivity contribution in [3.8, 4) is 34.6 Å². The van der Waals surface area contributed by atoms with Gasteiger partial charge in [-0.3, -0.25) is 4.98 Å². The summed E-state index contributed by atoms with van der Waals surface area (Å²) in [5.41, 5.74) is 9.95. The number of para-hydroxylation sites is 3. The van der Waals surface area contributed by atoms with Crippen LogP contribution in [0.25, 0.3) is 61.3 Å². The summed E-state index contributed by atoms with van der Waals surface area (Å²) < 4.78 is 4.64. The molecule has 0 bridgehead atoms. The van der Waals surface area contributed by atoms with Crippen molar-refractivity contribution in [2.24, 2.45) is 0 Å². The van der Waals surface area contributed by atoms with Crippen LogP contribution in [-0.4, -0.2) is 14.1 Å². The van der Waals surface area contributed by atoms with Crippen LogP contribution >= 0.6 is 0 Å². The van der Waals surface area contributed by atoms with Gasteiger partial charge in [-0.1, -0.05) is 66.7 Å². The maximum Gasteiger partial charge on any atom is 0.101 e. The van der Waals surface area contributed by atoms with E-state index < -0.39 is 0 Å². The molecule has 8 rings (SSSR count). The SMILES string of the molecule is N#Cc1cncc(C#N)c1-c1cc(-n2c3c(c4ccccc42)C=CCC3)cc(-n2c3ccccc3c3ccccc32)c1. The Morgan fingerprint density at radius 1 is 0.643 bits per heavy atom. The Hall–Kier alpha value is -5.91. The highest BCUT2D eigenvalue weighted by Crippen LogP contribution is 2.39. The molecule has 3 heterocycles. The van der Waals surface area contributed by atoms with Crippen molar-refractivity contribution in [2.45, 2.75) is 12.8 Å². The standard InChI is InChI=1S/C37H23N5/c38-20-25-22-40-23-26(21-39)37(25)24-17-27(41-33-13-5-1-9-29(33)30-10-2-6-14-34(30)41)19-28(18-24)42-35-15-7-3-11-31(35)32-12-4-8-16-36(32)42/h1-7,9-15,17-19,22-23H,8,16H2. The Labute approximate surface area is 242 Å². The van der Waals surface area contributed by atoms with Crippen LogP contribution < -0.4 is 0 Å². The van der Waals surface area contributed by atoms with E-state index in [1.807, 2.05) is 0 Å². The topological polar surface area (TPSA) is 70.3 Å². The second-order valence-electron chi connectivity index (χ2n) is 10.6. The average Bonchev–Trinajstić information content (AvgIpc) is 3.57. The molecule has 5 heteroatoms. The van der Waals surface area contributed by atoms with Crippen LogP contribution in [0.15, 0.2) is 109 Å². The summed E-state index contributed by atoms with van der Waals surface area (Å²) in [5.74, 6) is 0. The first kappa shape index (κ1) is 23.9. The molecule has 3 aromatic heterocycles. The van der Waals surface area contributed by atoms with Gasteiger partial charge in [0, 0.05) is 56.7 Å². The van der Waals surface area contributed by atoms with Crippen molar-refractivity contribution < 1.29 is 0 Å². The first-order chi connectivity index (χ1) is 20.8. The molecule has 1 aliphatic rings. The zero-order chi connectivity index (χ0) is 28.2. The third-order valence-electron chi connectivity index (χ3n) is 8.32. The maximum absolute atomic E-state index is 10.1. The van der Waals surface area contributed by atoms with Crippen LogP contribution in [-0.2, 0) is 6.42 Å². The van der Waals surface area contributed by atoms with Gasteiger partial charge in [-0.25, -0.2) is 0 Å². The fourth-order valence-electron chi connectivity index (χ4n) is 6.61. The van der Waals surface area contributed by atoms with E-state index in [0.717, 1.165) is 46.3 Å². The van der Waals surface area contributed by atoms with Crippen molar-refractivity contribution in [1.82, 2.24) is 14.1 Å². The minimum Gasteiger partial charge on any atom is -0.313 e. The number of fused-ring (bicyclic) bond motifs is 6. The molecule has 0 aliphatic heterocycles. The van der Waals surface area contributed by atoms with Crippen LogP contribution in [0.1, 0.15) is 28.8 Å². The van der Waals surface area contributed by atoms with Crippen LogP contribution in [0.2, 0.25) is 0 Å². The molecule has 0 amide bonds. The summed E-state index contributed by atoms with van der Waals surface area (Å²) in [7, 11) is 0. The van der Waals surface area contributed by atoms with Crippen LogP contribution in [0, 0.1) is 22.7 Å². The van der Waals surface area contributed by atoms with Crippen LogP contribution in [0.4, 0.5) is 0 Å². The van der Waals surface area contributed by atoms with Gasteiger partial charge in [-0.05, 0) is 54.8 Å². The molecule has 0 N–H and O–H groups in total. The van der Waals surface area contributed by atoms with Gasteiger partial charge in [0.05, 0.1) is 27.7 Å². The molecule has 0 fully saturated rings. The number of pyridine rings is 1. The summed E-state index contributed by atoms with van der Waals surface area (Å²) in [6.45, 7) is 0. The summed E-state index contributed by atoms with van der Waals surface area (Å²) in [6, 6.07) is 36.4. The van der Waals surface area contributed by atoms with Crippen molar-refractivity contribution in [3.63, 3.8) is 0 Å². The molecule has 1 aliphatic carbocycles. The third-order valence-corrected chi connectivity index (χ3v) is 8.32. The Balaban J connectivity index is 1.52. The predicted molar refractivity (Wildman–Crippen MR) is 168 cm³/mol. The molecule has 4 aromatic carbocycles. The quantitative estimate of drug-likeness (QED) is 0.227. The van der Waals surface area contributed by atoms with Gasteiger partial charge in [0.15, 0.2) is 0 Å². The van der Waals surface area contributed by atoms with Crippen molar-refractivity contribution >= 4 is 38.8 Å². The van der Waals surface area contributed by atoms with E-state index >= 15 is 0 Å². The molecule has 7 aromatic rings. The van der Waals surface area contributed by atoms with E-state index in [0.29, 0.717) is 16.7 Å². The van der Waals surface area contributed by atoms with E-state index in [-0.39, 0.29) is 0 Å². The highest BCUT2D eigenvalue weighted by atomic mass is 15.0. The van der Waals surface area contributed by atoms with E-state index in [1.165, 1.54) is 27.4 Å². The number of aromatic nitrogens is 3. The normalized spacial score (nSPS) is 12.4. The molecule has 0 spiro atoms. The van der Waals surface area contributed by atoms with E-state index in [2.05, 4.69) is 129 Å². The van der Waals surface area contributed by atoms with Crippen molar-refractivity contribution in [2.75, 3.05) is 0 Å². The lowest BCUT2D eigenvalue weighted by Gasteiger charge is -2.18. The number of allylic oxidation sites excluding steroid dienone is 1. The second kappa shape index (κ2) is 9.34. The van der Waals surface area contributed by atoms with Gasteiger partial charge in [-0.15, -0.1) is 0 Å². The van der Waals surface area contributed by atoms with Crippen molar-refractivity contribution in [3.05, 3.63) is 132 Å². The number of hydrogen-bond acceptors (Lipinski definition) is 3. The lowest BCUT2D eigenvalue weighted by atomic mass is 9.96. The largest absolute Gasteiger partial charge is 0.313 e. The van der Waals surface area contributed by atoms with Gasteiger partial charge in [0.2, 0.25) is 0 Å². The third kappa shape index (κ3) is 3.45. The van der Waals surface area contributed by atoms with Gasteiger partial charge in [0.1, 0.15) is 12.1 Å². The smallest absolute Gasteiger partial charge is 0.101 e. The molecule has 0 saturated heterocycles. The Bertz CT molecular complexity index is 2250. The Morgan fingerprint density at radius 3 is 1.81 bits per heavy atom. The minimum atomic E-state index is 0.377. The molecule has 5 nitrogen and oxygen atoms in total. The Morgan fingerprint density at radius 2 is 1.19 bits per heavy atom. The molecule has 0 radical (unpaired) electrons. The predicted octanol–water partition coefficient (Wildman–Crippen LogP) is 8.49. The average molecular weight is 538 g/mol. The molecular weight excluding hydrogens is 514 g/mol. The monoisotopic (exact) mass is 537 g/mol. The van der Waals surface area contributed by atoms with E-state index in [4.69, 9.17) is 0 Å². The zero-order valence-electron chi connectivity index (χ0n) is 22.6. The number of benzene rings is 4. The van der Waals surface area contributed by atoms with E-state index in [9.17, 15) is 10.5 Å². The van der Waals surface area contributed by atoms with Gasteiger partial charge in [-0.2, -0.15) is 10.5 Å². The van der Waals surface area contributed by atoms with Crippen LogP contribution in [0.3, 0.4) is 0 Å². The van der Waals surface area contributed by atoms with Crippen LogP contribution in [0.5, 0.6) is 0 Å². The summed E-state index contributed by atoms with van der Waals surface area (Å²) in [4.78, 5) is 4.17. The zero-order valence-corrected chi connectivity index (χ0v) is 22.6. The molecule has 42 heavy (non-hydrogen) atoms. The molecule has 0 saturated carbocycles. The summed E-state index contributed by atoms with van der Waals surface area (Å²) >= 11 is 0. The van der Waals surface area contributed by atoms with Gasteiger partial charge < -0.3 is 9.13 Å². The minimum absolute atomic E-state index is 0.377. The highest BCUT2D eigenvalue weighted by Gasteiger charge is 2.22. The molecule has 0 unspecified atom stereocenters. The second-order valence-corrected chi connectivity index (χ2v) is 10.6. The van der Waals surface area contributed by atoms with E-state index in [1.54, 1.807) is 12.4 Å². The first-order valence-electron chi connectivity index (χ1n) is 14.0. The lowest BCUT2D eigenvalue weighted by molar-refractivity contribution is 0.888. The van der Waals surface area contributed by atoms with Gasteiger partial charge in [0.25, 0.3) is 0 Å². The number of nitriles is 2. The Kier molecular flexibility index (Phi) is 5.32. The maximum atomic E-state index is 10.1. The molecular formula is C37H23N5. The fraction of sp³-hybridized carbons (Fsp3) is 0.0541. The molecule has 0 atom stereocenters. The van der Waals surface area contributed by atoms with Gasteiger partial charge >= 0.3 is 0 Å². The number of hydrogen-bond donors (Lipinski definition) is 0. The first-order valence-corrected chi connectivity index (χ1v) is 14.0. The lowest BCUT2D eigenvalue weighted by Crippen LogP contribution is -2.05. The van der Waals surface area contributed by atoms with Crippen molar-refractivity contribution in [1.29, 1.82) is 10.5 Å². The fourth-order valence-corrected chi connectivity index (χ4v) is 6.61. The highest BCUT2D eigenvalue weighted by molar-refractivity contribution is 6.09. The molecule has 196 valence electrons.